The number of aryl methyl sites for hydroxylation is 1. The molecule has 0 aromatic heterocycles. The van der Waals surface area contributed by atoms with E-state index in [9.17, 15) is 0 Å². The highest BCUT2D eigenvalue weighted by Gasteiger charge is 1.87. The van der Waals surface area contributed by atoms with Gasteiger partial charge in [-0.05, 0) is 24.6 Å². The summed E-state index contributed by atoms with van der Waals surface area (Å²) in [6, 6.07) is 7.89. The minimum atomic E-state index is 0.938. The molecule has 2 N–H and O–H groups in total. The minimum absolute atomic E-state index is 0.938. The van der Waals surface area contributed by atoms with Crippen molar-refractivity contribution in [3.05, 3.63) is 29.8 Å². The maximum absolute atomic E-state index is 6.70. The van der Waals surface area contributed by atoms with Crippen molar-refractivity contribution in [1.29, 1.82) is 5.41 Å². The molecule has 3 heteroatoms. The summed E-state index contributed by atoms with van der Waals surface area (Å²) in [6.45, 7) is 2.02. The van der Waals surface area contributed by atoms with Crippen LogP contribution < -0.4 is 5.43 Å². The van der Waals surface area contributed by atoms with E-state index in [1.165, 1.54) is 11.8 Å². The van der Waals surface area contributed by atoms with Crippen LogP contribution in [-0.2, 0) is 0 Å². The largest absolute Gasteiger partial charge is 0.307 e. The average Bonchev–Trinajstić information content (AvgIpc) is 2.05. The fraction of sp³-hybridized carbons (Fsp3) is 0.111. The first kappa shape index (κ1) is 8.46. The molecule has 0 aliphatic carbocycles. The lowest BCUT2D eigenvalue weighted by atomic mass is 10.2. The quantitative estimate of drug-likeness (QED) is 0.517. The molecule has 62 valence electrons. The molecule has 0 spiro atoms. The minimum Gasteiger partial charge on any atom is -0.307 e. The van der Waals surface area contributed by atoms with Crippen molar-refractivity contribution in [2.75, 3.05) is 5.43 Å². The number of hydrogen-bond acceptors (Lipinski definition) is 3. The van der Waals surface area contributed by atoms with Gasteiger partial charge in [0.15, 0.2) is 0 Å². The monoisotopic (exact) mass is 161 g/mol. The Hall–Kier alpha value is -1.64. The molecule has 0 atom stereocenters. The van der Waals surface area contributed by atoms with E-state index in [2.05, 4.69) is 10.5 Å². The van der Waals surface area contributed by atoms with Crippen LogP contribution in [0.25, 0.3) is 0 Å². The van der Waals surface area contributed by atoms with Crippen molar-refractivity contribution in [2.24, 2.45) is 5.10 Å². The van der Waals surface area contributed by atoms with Gasteiger partial charge in [-0.1, -0.05) is 12.1 Å². The predicted octanol–water partition coefficient (Wildman–Crippen LogP) is 2.04. The van der Waals surface area contributed by atoms with Crippen molar-refractivity contribution in [2.45, 2.75) is 6.92 Å². The van der Waals surface area contributed by atoms with Crippen LogP contribution in [0.1, 0.15) is 5.56 Å². The van der Waals surface area contributed by atoms with Crippen LogP contribution in [0.15, 0.2) is 29.4 Å². The molecule has 0 unspecified atom stereocenters. The SMILES string of the molecule is Cc1cccc(N/N=C\C=N)c1. The zero-order chi connectivity index (χ0) is 8.81. The fourth-order valence-electron chi connectivity index (χ4n) is 0.864. The summed E-state index contributed by atoms with van der Waals surface area (Å²) >= 11 is 0. The van der Waals surface area contributed by atoms with Gasteiger partial charge in [-0.2, -0.15) is 5.10 Å². The number of hydrogen-bond donors (Lipinski definition) is 2. The number of nitrogens with one attached hydrogen (secondary N) is 2. The molecule has 0 radical (unpaired) electrons. The molecular weight excluding hydrogens is 150 g/mol. The van der Waals surface area contributed by atoms with Crippen LogP contribution >= 0.6 is 0 Å². The highest BCUT2D eigenvalue weighted by molar-refractivity contribution is 6.14. The predicted molar refractivity (Wildman–Crippen MR) is 52.1 cm³/mol. The normalized spacial score (nSPS) is 10.1. The Balaban J connectivity index is 2.63. The van der Waals surface area contributed by atoms with Crippen LogP contribution in [0.2, 0.25) is 0 Å². The van der Waals surface area contributed by atoms with Crippen LogP contribution in [0.3, 0.4) is 0 Å². The molecule has 0 saturated heterocycles. The summed E-state index contributed by atoms with van der Waals surface area (Å²) in [4.78, 5) is 0. The zero-order valence-corrected chi connectivity index (χ0v) is 6.91. The molecule has 0 aliphatic rings. The van der Waals surface area contributed by atoms with Gasteiger partial charge in [0.25, 0.3) is 0 Å². The van der Waals surface area contributed by atoms with Crippen molar-refractivity contribution < 1.29 is 0 Å². The Morgan fingerprint density at radius 1 is 1.50 bits per heavy atom. The van der Waals surface area contributed by atoms with Crippen LogP contribution in [0.4, 0.5) is 5.69 Å². The Bertz CT molecular complexity index is 292. The van der Waals surface area contributed by atoms with Gasteiger partial charge in [0.1, 0.15) is 0 Å². The highest BCUT2D eigenvalue weighted by atomic mass is 15.3. The van der Waals surface area contributed by atoms with E-state index in [1.54, 1.807) is 0 Å². The fourth-order valence-corrected chi connectivity index (χ4v) is 0.864. The van der Waals surface area contributed by atoms with Crippen molar-refractivity contribution in [1.82, 2.24) is 0 Å². The van der Waals surface area contributed by atoms with Crippen molar-refractivity contribution in [3.8, 4) is 0 Å². The van der Waals surface area contributed by atoms with E-state index in [0.29, 0.717) is 0 Å². The number of anilines is 1. The van der Waals surface area contributed by atoms with E-state index in [4.69, 9.17) is 5.41 Å². The number of rotatable bonds is 3. The lowest BCUT2D eigenvalue weighted by Crippen LogP contribution is -1.89. The molecule has 12 heavy (non-hydrogen) atoms. The van der Waals surface area contributed by atoms with E-state index in [-0.39, 0.29) is 0 Å². The second-order valence-corrected chi connectivity index (χ2v) is 2.43. The molecule has 0 bridgehead atoms. The molecule has 1 rings (SSSR count). The van der Waals surface area contributed by atoms with Crippen molar-refractivity contribution >= 4 is 18.1 Å². The maximum Gasteiger partial charge on any atom is 0.0648 e. The first-order valence-corrected chi connectivity index (χ1v) is 3.68. The third-order valence-electron chi connectivity index (χ3n) is 1.36. The Labute approximate surface area is 71.6 Å². The van der Waals surface area contributed by atoms with Gasteiger partial charge in [0, 0.05) is 6.21 Å². The Morgan fingerprint density at radius 2 is 2.33 bits per heavy atom. The third kappa shape index (κ3) is 2.54. The first-order valence-electron chi connectivity index (χ1n) is 3.68. The zero-order valence-electron chi connectivity index (χ0n) is 6.91. The lowest BCUT2D eigenvalue weighted by Gasteiger charge is -1.99. The summed E-state index contributed by atoms with van der Waals surface area (Å²) in [5.41, 5.74) is 4.93. The van der Waals surface area contributed by atoms with Crippen LogP contribution in [-0.4, -0.2) is 12.4 Å². The second-order valence-electron chi connectivity index (χ2n) is 2.43. The molecule has 0 aliphatic heterocycles. The topological polar surface area (TPSA) is 48.2 Å². The Kier molecular flexibility index (Phi) is 3.02. The first-order chi connectivity index (χ1) is 5.83. The molecule has 0 heterocycles. The Morgan fingerprint density at radius 3 is 3.00 bits per heavy atom. The molecule has 0 amide bonds. The number of benzene rings is 1. The van der Waals surface area contributed by atoms with Crippen LogP contribution in [0, 0.1) is 12.3 Å². The summed E-state index contributed by atoms with van der Waals surface area (Å²) in [6.07, 6.45) is 2.52. The van der Waals surface area contributed by atoms with Gasteiger partial charge in [-0.25, -0.2) is 0 Å². The van der Waals surface area contributed by atoms with Crippen LogP contribution in [0.5, 0.6) is 0 Å². The lowest BCUT2D eigenvalue weighted by molar-refractivity contribution is 1.34. The smallest absolute Gasteiger partial charge is 0.0648 e. The maximum atomic E-state index is 6.70. The molecule has 1 aromatic rings. The van der Waals surface area contributed by atoms with Gasteiger partial charge >= 0.3 is 0 Å². The summed E-state index contributed by atoms with van der Waals surface area (Å²) in [5.74, 6) is 0. The van der Waals surface area contributed by atoms with Crippen molar-refractivity contribution in [3.63, 3.8) is 0 Å². The van der Waals surface area contributed by atoms with Gasteiger partial charge < -0.3 is 5.41 Å². The standard InChI is InChI=1S/C9H11N3/c1-8-3-2-4-9(7-8)12-11-6-5-10/h2-7,10,12H,1H3/b10-5?,11-6-. The van der Waals surface area contributed by atoms with E-state index in [0.717, 1.165) is 11.9 Å². The van der Waals surface area contributed by atoms with Gasteiger partial charge in [0.05, 0.1) is 11.9 Å². The summed E-state index contributed by atoms with van der Waals surface area (Å²) < 4.78 is 0. The molecule has 3 nitrogen and oxygen atoms in total. The highest BCUT2D eigenvalue weighted by Crippen LogP contribution is 2.08. The third-order valence-corrected chi connectivity index (χ3v) is 1.36. The van der Waals surface area contributed by atoms with E-state index >= 15 is 0 Å². The van der Waals surface area contributed by atoms with Gasteiger partial charge in [-0.15, -0.1) is 0 Å². The van der Waals surface area contributed by atoms with E-state index in [1.807, 2.05) is 31.2 Å². The summed E-state index contributed by atoms with van der Waals surface area (Å²) in [7, 11) is 0. The molecule has 0 saturated carbocycles. The molecular formula is C9H11N3. The average molecular weight is 161 g/mol. The van der Waals surface area contributed by atoms with E-state index < -0.39 is 0 Å². The number of nitrogens with zero attached hydrogens (tertiary/aromatic N) is 1. The second kappa shape index (κ2) is 4.28. The van der Waals surface area contributed by atoms with Gasteiger partial charge in [-0.3, -0.25) is 5.43 Å². The molecule has 0 fully saturated rings. The molecule has 1 aromatic carbocycles. The van der Waals surface area contributed by atoms with Gasteiger partial charge in [0.2, 0.25) is 0 Å². The summed E-state index contributed by atoms with van der Waals surface area (Å²) in [5, 5.41) is 10.5. The number of hydrazone groups is 1.